The Morgan fingerprint density at radius 1 is 1.33 bits per heavy atom. The van der Waals surface area contributed by atoms with E-state index in [4.69, 9.17) is 0 Å². The first-order valence-electron chi connectivity index (χ1n) is 5.34. The second-order valence-electron chi connectivity index (χ2n) is 4.67. The zero-order valence-electron chi connectivity index (χ0n) is 11.3. The van der Waals surface area contributed by atoms with E-state index in [-0.39, 0.29) is 56.8 Å². The molecule has 0 radical (unpaired) electrons. The average Bonchev–Trinajstić information content (AvgIpc) is 2.49. The Balaban J connectivity index is 0.00000162. The van der Waals surface area contributed by atoms with Crippen LogP contribution in [0.2, 0.25) is 0 Å². The topological polar surface area (TPSA) is 44.5 Å². The Bertz CT molecular complexity index is 488. The Labute approximate surface area is 154 Å². The van der Waals surface area contributed by atoms with E-state index in [1.807, 2.05) is 18.2 Å². The minimum atomic E-state index is -0.00102. The minimum Gasteiger partial charge on any atom is -0.691 e. The first-order valence-corrected chi connectivity index (χ1v) is 6.08. The summed E-state index contributed by atoms with van der Waals surface area (Å²) in [7, 11) is 2.06. The summed E-state index contributed by atoms with van der Waals surface area (Å²) in [5.74, 6) is 0. The molecule has 0 spiro atoms. The molecular weight excluding hydrogens is 277 g/mol. The molecule has 0 saturated carbocycles. The summed E-state index contributed by atoms with van der Waals surface area (Å²) in [6.07, 6.45) is 0. The standard InChI is InChI=1S/C12H15NO3S.K/c1-8-12(2,3)10-7-9(17-16-15-14)5-6-11(10)13(8)4;/h5-7H,1-4H3;/q;+1. The molecule has 92 valence electrons. The molecule has 18 heavy (non-hydrogen) atoms. The Morgan fingerprint density at radius 2 is 2.00 bits per heavy atom. The summed E-state index contributed by atoms with van der Waals surface area (Å²) in [4.78, 5) is 0.857. The van der Waals surface area contributed by atoms with Gasteiger partial charge in [0.1, 0.15) is 7.05 Å². The summed E-state index contributed by atoms with van der Waals surface area (Å²) >= 11 is 0.927. The molecule has 1 aromatic rings. The summed E-state index contributed by atoms with van der Waals surface area (Å²) in [6, 6.07) is 5.98. The number of benzene rings is 1. The van der Waals surface area contributed by atoms with Gasteiger partial charge in [0.25, 0.3) is 0 Å². The van der Waals surface area contributed by atoms with Crippen LogP contribution < -0.4 is 56.6 Å². The van der Waals surface area contributed by atoms with Gasteiger partial charge < -0.3 is 5.26 Å². The average molecular weight is 292 g/mol. The van der Waals surface area contributed by atoms with Crippen LogP contribution in [0.5, 0.6) is 0 Å². The van der Waals surface area contributed by atoms with Gasteiger partial charge in [-0.25, -0.2) is 4.58 Å². The molecule has 1 aliphatic heterocycles. The van der Waals surface area contributed by atoms with Crippen molar-refractivity contribution in [2.24, 2.45) is 0 Å². The summed E-state index contributed by atoms with van der Waals surface area (Å²) in [6.45, 7) is 6.50. The van der Waals surface area contributed by atoms with E-state index >= 15 is 0 Å². The summed E-state index contributed by atoms with van der Waals surface area (Å²) in [5.41, 5.74) is 3.73. The third kappa shape index (κ3) is 2.92. The maximum atomic E-state index is 9.81. The third-order valence-corrected chi connectivity index (χ3v) is 4.14. The number of hydrogen-bond acceptors (Lipinski definition) is 4. The van der Waals surface area contributed by atoms with Crippen molar-refractivity contribution in [3.8, 4) is 0 Å². The van der Waals surface area contributed by atoms with E-state index in [1.165, 1.54) is 17.0 Å². The quantitative estimate of drug-likeness (QED) is 0.234. The molecule has 4 nitrogen and oxygen atoms in total. The Morgan fingerprint density at radius 3 is 2.61 bits per heavy atom. The fourth-order valence-corrected chi connectivity index (χ4v) is 2.60. The van der Waals surface area contributed by atoms with Crippen LogP contribution in [0.1, 0.15) is 26.3 Å². The van der Waals surface area contributed by atoms with E-state index in [9.17, 15) is 5.26 Å². The van der Waals surface area contributed by atoms with E-state index in [0.29, 0.717) is 0 Å². The molecular formula is C12H15KNO3S+. The molecule has 2 rings (SSSR count). The molecule has 0 amide bonds. The van der Waals surface area contributed by atoms with Gasteiger partial charge in [-0.2, -0.15) is 4.33 Å². The van der Waals surface area contributed by atoms with Crippen molar-refractivity contribution in [3.63, 3.8) is 0 Å². The van der Waals surface area contributed by atoms with Crippen LogP contribution in [0, 0.1) is 0 Å². The fraction of sp³-hybridized carbons (Fsp3) is 0.417. The van der Waals surface area contributed by atoms with E-state index < -0.39 is 0 Å². The Kier molecular flexibility index (Phi) is 6.04. The van der Waals surface area contributed by atoms with Crippen molar-refractivity contribution >= 4 is 23.4 Å². The molecule has 1 heterocycles. The summed E-state index contributed by atoms with van der Waals surface area (Å²) in [5, 5.41) is 13.2. The van der Waals surface area contributed by atoms with E-state index in [2.05, 4.69) is 41.8 Å². The predicted molar refractivity (Wildman–Crippen MR) is 64.0 cm³/mol. The van der Waals surface area contributed by atoms with E-state index in [0.717, 1.165) is 16.9 Å². The number of fused-ring (bicyclic) bond motifs is 1. The van der Waals surface area contributed by atoms with Gasteiger partial charge in [-0.3, -0.25) is 5.04 Å². The van der Waals surface area contributed by atoms with Gasteiger partial charge in [0, 0.05) is 23.4 Å². The van der Waals surface area contributed by atoms with Crippen molar-refractivity contribution in [1.82, 2.24) is 0 Å². The van der Waals surface area contributed by atoms with Crippen molar-refractivity contribution < 1.29 is 70.6 Å². The molecule has 0 unspecified atom stereocenters. The van der Waals surface area contributed by atoms with Crippen LogP contribution in [-0.2, 0) is 14.8 Å². The van der Waals surface area contributed by atoms with Crippen molar-refractivity contribution in [2.75, 3.05) is 7.05 Å². The molecule has 0 bridgehead atoms. The van der Waals surface area contributed by atoms with Crippen LogP contribution in [0.3, 0.4) is 0 Å². The largest absolute Gasteiger partial charge is 1.00 e. The van der Waals surface area contributed by atoms with Gasteiger partial charge in [-0.1, -0.05) is 0 Å². The third-order valence-electron chi connectivity index (χ3n) is 3.57. The van der Waals surface area contributed by atoms with Gasteiger partial charge in [0.15, 0.2) is 5.71 Å². The van der Waals surface area contributed by atoms with Gasteiger partial charge in [0.2, 0.25) is 5.69 Å². The van der Waals surface area contributed by atoms with Crippen LogP contribution in [-0.4, -0.2) is 17.3 Å². The fourth-order valence-electron chi connectivity index (χ4n) is 2.21. The first-order chi connectivity index (χ1) is 7.98. The van der Waals surface area contributed by atoms with Crippen LogP contribution >= 0.6 is 12.0 Å². The van der Waals surface area contributed by atoms with Crippen molar-refractivity contribution in [3.05, 3.63) is 23.8 Å². The second kappa shape index (κ2) is 6.47. The normalized spacial score (nSPS) is 16.5. The van der Waals surface area contributed by atoms with Gasteiger partial charge in [-0.15, -0.1) is 0 Å². The molecule has 0 atom stereocenters. The maximum absolute atomic E-state index is 9.81. The van der Waals surface area contributed by atoms with Crippen molar-refractivity contribution in [2.45, 2.75) is 31.1 Å². The summed E-state index contributed by atoms with van der Waals surface area (Å²) < 4.78 is 6.53. The monoisotopic (exact) mass is 292 g/mol. The van der Waals surface area contributed by atoms with Crippen LogP contribution in [0.4, 0.5) is 5.69 Å². The zero-order valence-corrected chi connectivity index (χ0v) is 15.3. The molecule has 0 N–H and O–H groups in total. The zero-order chi connectivity index (χ0) is 12.6. The molecule has 0 fully saturated rings. The van der Waals surface area contributed by atoms with Crippen LogP contribution in [0.15, 0.2) is 23.1 Å². The molecule has 1 aliphatic rings. The number of rotatable bonds is 3. The number of hydrogen-bond donors (Lipinski definition) is 0. The van der Waals surface area contributed by atoms with Crippen LogP contribution in [0.25, 0.3) is 0 Å². The van der Waals surface area contributed by atoms with Gasteiger partial charge in [0.05, 0.1) is 17.5 Å². The second-order valence-corrected chi connectivity index (χ2v) is 5.44. The number of nitrogens with zero attached hydrogens (tertiary/aromatic N) is 1. The minimum absolute atomic E-state index is 0. The van der Waals surface area contributed by atoms with Gasteiger partial charge in [-0.05, 0) is 26.0 Å². The molecule has 1 aromatic carbocycles. The SMILES string of the molecule is CC1=[N+](C)c2ccc(SOO[O-])cc2C1(C)C.[K+]. The van der Waals surface area contributed by atoms with Gasteiger partial charge >= 0.3 is 51.4 Å². The smallest absolute Gasteiger partial charge is 0.691 e. The van der Waals surface area contributed by atoms with E-state index in [1.54, 1.807) is 0 Å². The molecule has 0 saturated heterocycles. The molecule has 0 aliphatic carbocycles. The first kappa shape index (κ1) is 16.8. The maximum Gasteiger partial charge on any atom is 1.00 e. The Hall–Kier alpha value is 0.756. The van der Waals surface area contributed by atoms with Crippen molar-refractivity contribution in [1.29, 1.82) is 0 Å². The molecule has 0 aromatic heterocycles. The predicted octanol–water partition coefficient (Wildman–Crippen LogP) is -1.05. The molecule has 6 heteroatoms.